The van der Waals surface area contributed by atoms with Gasteiger partial charge in [-0.25, -0.2) is 0 Å². The van der Waals surface area contributed by atoms with Crippen molar-refractivity contribution in [1.29, 1.82) is 0 Å². The maximum atomic E-state index is 12.6. The highest BCUT2D eigenvalue weighted by atomic mass is 16.5. The summed E-state index contributed by atoms with van der Waals surface area (Å²) in [6.07, 6.45) is -1.21. The molecular weight excluding hydrogens is 288 g/mol. The van der Waals surface area contributed by atoms with Crippen LogP contribution in [0, 0.1) is 0 Å². The summed E-state index contributed by atoms with van der Waals surface area (Å²) in [4.78, 5) is 12.6. The van der Waals surface area contributed by atoms with Gasteiger partial charge in [0.25, 0.3) is 0 Å². The number of carbonyl (C=O) groups excluding carboxylic acids is 1. The molecule has 0 amide bonds. The van der Waals surface area contributed by atoms with Crippen LogP contribution in [0.3, 0.4) is 0 Å². The molecule has 0 aliphatic carbocycles. The van der Waals surface area contributed by atoms with Crippen molar-refractivity contribution in [3.05, 3.63) is 96.1 Å². The van der Waals surface area contributed by atoms with Gasteiger partial charge in [-0.1, -0.05) is 60.7 Å². The minimum Gasteiger partial charge on any atom is -0.457 e. The molecule has 3 heteroatoms. The molecule has 3 aromatic rings. The maximum absolute atomic E-state index is 12.6. The molecule has 0 saturated carbocycles. The van der Waals surface area contributed by atoms with E-state index in [9.17, 15) is 9.90 Å². The molecule has 0 saturated heterocycles. The summed E-state index contributed by atoms with van der Waals surface area (Å²) in [5.74, 6) is 0.684. The number of aliphatic hydroxyl groups is 1. The van der Waals surface area contributed by atoms with Gasteiger partial charge in [0.15, 0.2) is 5.78 Å². The molecule has 0 spiro atoms. The van der Waals surface area contributed by atoms with Crippen molar-refractivity contribution >= 4 is 5.78 Å². The molecule has 3 rings (SSSR count). The van der Waals surface area contributed by atoms with Crippen LogP contribution in [0.5, 0.6) is 11.5 Å². The number of para-hydroxylation sites is 2. The third kappa shape index (κ3) is 3.47. The van der Waals surface area contributed by atoms with Crippen LogP contribution < -0.4 is 4.74 Å². The summed E-state index contributed by atoms with van der Waals surface area (Å²) in [5.41, 5.74) is 0.916. The second-order valence-electron chi connectivity index (χ2n) is 5.09. The van der Waals surface area contributed by atoms with Crippen LogP contribution in [-0.2, 0) is 0 Å². The SMILES string of the molecule is O=C(c1ccccc1Oc1ccccc1)C(O)c1ccccc1. The molecule has 0 aliphatic heterocycles. The first-order chi connectivity index (χ1) is 11.3. The summed E-state index contributed by atoms with van der Waals surface area (Å²) in [6.45, 7) is 0. The zero-order chi connectivity index (χ0) is 16.1. The highest BCUT2D eigenvalue weighted by Gasteiger charge is 2.22. The minimum atomic E-state index is -1.21. The lowest BCUT2D eigenvalue weighted by Gasteiger charge is -2.14. The van der Waals surface area contributed by atoms with Crippen molar-refractivity contribution in [3.8, 4) is 11.5 Å². The van der Waals surface area contributed by atoms with Crippen molar-refractivity contribution < 1.29 is 14.6 Å². The normalized spacial score (nSPS) is 11.7. The molecule has 1 N–H and O–H groups in total. The van der Waals surface area contributed by atoms with E-state index in [2.05, 4.69) is 0 Å². The van der Waals surface area contributed by atoms with Gasteiger partial charge < -0.3 is 9.84 Å². The predicted molar refractivity (Wildman–Crippen MR) is 88.7 cm³/mol. The van der Waals surface area contributed by atoms with Gasteiger partial charge in [-0.15, -0.1) is 0 Å². The van der Waals surface area contributed by atoms with Gasteiger partial charge in [-0.05, 0) is 29.8 Å². The number of benzene rings is 3. The number of rotatable bonds is 5. The lowest BCUT2D eigenvalue weighted by atomic mass is 9.99. The number of carbonyl (C=O) groups is 1. The molecule has 23 heavy (non-hydrogen) atoms. The number of hydrogen-bond donors (Lipinski definition) is 1. The van der Waals surface area contributed by atoms with Crippen LogP contribution >= 0.6 is 0 Å². The standard InChI is InChI=1S/C20H16O3/c21-19(15-9-3-1-4-10-15)20(22)17-13-7-8-14-18(17)23-16-11-5-2-6-12-16/h1-14,19,21H. The average Bonchev–Trinajstić information content (AvgIpc) is 2.62. The van der Waals surface area contributed by atoms with E-state index in [1.54, 1.807) is 48.5 Å². The number of aliphatic hydroxyl groups excluding tert-OH is 1. The quantitative estimate of drug-likeness (QED) is 0.711. The predicted octanol–water partition coefficient (Wildman–Crippen LogP) is 4.40. The fraction of sp³-hybridized carbons (Fsp3) is 0.0500. The molecule has 0 heterocycles. The van der Waals surface area contributed by atoms with Gasteiger partial charge in [-0.3, -0.25) is 4.79 Å². The van der Waals surface area contributed by atoms with E-state index in [4.69, 9.17) is 4.74 Å². The van der Waals surface area contributed by atoms with Crippen LogP contribution in [-0.4, -0.2) is 10.9 Å². The van der Waals surface area contributed by atoms with Crippen LogP contribution in [0.4, 0.5) is 0 Å². The third-order valence-corrected chi connectivity index (χ3v) is 3.49. The number of ether oxygens (including phenoxy) is 1. The van der Waals surface area contributed by atoms with Gasteiger partial charge in [-0.2, -0.15) is 0 Å². The molecule has 0 bridgehead atoms. The Morgan fingerprint density at radius 3 is 2.04 bits per heavy atom. The molecule has 114 valence electrons. The fourth-order valence-electron chi connectivity index (χ4n) is 2.31. The zero-order valence-electron chi connectivity index (χ0n) is 12.4. The van der Waals surface area contributed by atoms with E-state index in [-0.39, 0.29) is 5.78 Å². The van der Waals surface area contributed by atoms with E-state index < -0.39 is 6.10 Å². The Bertz CT molecular complexity index is 782. The van der Waals surface area contributed by atoms with Gasteiger partial charge in [0, 0.05) is 0 Å². The number of hydrogen-bond acceptors (Lipinski definition) is 3. The van der Waals surface area contributed by atoms with Crippen molar-refractivity contribution in [3.63, 3.8) is 0 Å². The summed E-state index contributed by atoms with van der Waals surface area (Å²) >= 11 is 0. The summed E-state index contributed by atoms with van der Waals surface area (Å²) in [6, 6.07) is 25.0. The zero-order valence-corrected chi connectivity index (χ0v) is 12.4. The molecule has 0 radical (unpaired) electrons. The average molecular weight is 304 g/mol. The van der Waals surface area contributed by atoms with E-state index >= 15 is 0 Å². The second kappa shape index (κ2) is 6.90. The maximum Gasteiger partial charge on any atom is 0.199 e. The fourth-order valence-corrected chi connectivity index (χ4v) is 2.31. The lowest BCUT2D eigenvalue weighted by Crippen LogP contribution is -2.13. The van der Waals surface area contributed by atoms with E-state index in [1.165, 1.54) is 0 Å². The molecule has 0 aliphatic rings. The van der Waals surface area contributed by atoms with Crippen LogP contribution in [0.15, 0.2) is 84.9 Å². The number of ketones is 1. The first kappa shape index (κ1) is 15.0. The summed E-state index contributed by atoms with van der Waals surface area (Å²) < 4.78 is 5.78. The van der Waals surface area contributed by atoms with Crippen molar-refractivity contribution in [2.75, 3.05) is 0 Å². The van der Waals surface area contributed by atoms with Crippen LogP contribution in [0.25, 0.3) is 0 Å². The van der Waals surface area contributed by atoms with Gasteiger partial charge in [0.2, 0.25) is 0 Å². The largest absolute Gasteiger partial charge is 0.457 e. The highest BCUT2D eigenvalue weighted by Crippen LogP contribution is 2.28. The Kier molecular flexibility index (Phi) is 4.50. The van der Waals surface area contributed by atoms with Crippen molar-refractivity contribution in [1.82, 2.24) is 0 Å². The Labute approximate surface area is 134 Å². The third-order valence-electron chi connectivity index (χ3n) is 3.49. The van der Waals surface area contributed by atoms with E-state index in [1.807, 2.05) is 36.4 Å². The summed E-state index contributed by atoms with van der Waals surface area (Å²) in [7, 11) is 0. The first-order valence-electron chi connectivity index (χ1n) is 7.35. The molecule has 3 aromatic carbocycles. The Balaban J connectivity index is 1.89. The molecule has 3 nitrogen and oxygen atoms in total. The van der Waals surface area contributed by atoms with E-state index in [0.29, 0.717) is 22.6 Å². The molecule has 0 fully saturated rings. The lowest BCUT2D eigenvalue weighted by molar-refractivity contribution is 0.0745. The molecular formula is C20H16O3. The summed E-state index contributed by atoms with van der Waals surface area (Å²) in [5, 5.41) is 10.3. The smallest absolute Gasteiger partial charge is 0.199 e. The second-order valence-corrected chi connectivity index (χ2v) is 5.09. The van der Waals surface area contributed by atoms with Crippen LogP contribution in [0.2, 0.25) is 0 Å². The van der Waals surface area contributed by atoms with Crippen molar-refractivity contribution in [2.24, 2.45) is 0 Å². The molecule has 1 unspecified atom stereocenters. The Hall–Kier alpha value is -2.91. The van der Waals surface area contributed by atoms with E-state index in [0.717, 1.165) is 0 Å². The van der Waals surface area contributed by atoms with Gasteiger partial charge in [0.1, 0.15) is 17.6 Å². The molecule has 1 atom stereocenters. The molecule has 0 aromatic heterocycles. The monoisotopic (exact) mass is 304 g/mol. The van der Waals surface area contributed by atoms with Gasteiger partial charge in [0.05, 0.1) is 5.56 Å². The first-order valence-corrected chi connectivity index (χ1v) is 7.35. The topological polar surface area (TPSA) is 46.5 Å². The van der Waals surface area contributed by atoms with Gasteiger partial charge >= 0.3 is 0 Å². The highest BCUT2D eigenvalue weighted by molar-refractivity contribution is 6.02. The minimum absolute atomic E-state index is 0.354. The van der Waals surface area contributed by atoms with Crippen molar-refractivity contribution in [2.45, 2.75) is 6.10 Å². The van der Waals surface area contributed by atoms with Crippen LogP contribution in [0.1, 0.15) is 22.0 Å². The Morgan fingerprint density at radius 1 is 0.783 bits per heavy atom. The number of Topliss-reactive ketones (excluding diaryl/α,β-unsaturated/α-hetero) is 1. The Morgan fingerprint density at radius 2 is 1.35 bits per heavy atom.